The molecule has 1 heterocycles. The van der Waals surface area contributed by atoms with E-state index in [9.17, 15) is 10.2 Å². The fourth-order valence-corrected chi connectivity index (χ4v) is 3.92. The summed E-state index contributed by atoms with van der Waals surface area (Å²) in [5.41, 5.74) is 0.998. The summed E-state index contributed by atoms with van der Waals surface area (Å²) in [7, 11) is 1.62. The van der Waals surface area contributed by atoms with Crippen LogP contribution in [0.1, 0.15) is 18.4 Å². The zero-order valence-corrected chi connectivity index (χ0v) is 20.1. The van der Waals surface area contributed by atoms with Gasteiger partial charge in [0.2, 0.25) is 0 Å². The molecule has 0 spiro atoms. The molecule has 0 saturated carbocycles. The molecule has 0 amide bonds. The van der Waals surface area contributed by atoms with Crippen molar-refractivity contribution in [3.63, 3.8) is 0 Å². The van der Waals surface area contributed by atoms with Gasteiger partial charge in [-0.1, -0.05) is 17.7 Å². The van der Waals surface area contributed by atoms with Crippen LogP contribution in [-0.2, 0) is 0 Å². The van der Waals surface area contributed by atoms with Gasteiger partial charge in [-0.2, -0.15) is 0 Å². The van der Waals surface area contributed by atoms with E-state index in [4.69, 9.17) is 25.8 Å². The molecule has 0 bridgehead atoms. The quantitative estimate of drug-likeness (QED) is 0.432. The molecule has 0 aliphatic carbocycles. The molecule has 1 saturated heterocycles. The molecule has 2 aromatic rings. The molecule has 0 radical (unpaired) electrons. The van der Waals surface area contributed by atoms with Gasteiger partial charge in [-0.15, -0.1) is 0 Å². The molecule has 3 N–H and O–H groups in total. The maximum Gasteiger partial charge on any atom is 0.120 e. The fraction of sp³-hybridized carbons (Fsp3) is 0.520. The van der Waals surface area contributed by atoms with Gasteiger partial charge < -0.3 is 34.6 Å². The van der Waals surface area contributed by atoms with Crippen LogP contribution in [0.5, 0.6) is 17.2 Å². The van der Waals surface area contributed by atoms with Gasteiger partial charge in [0, 0.05) is 24.2 Å². The van der Waals surface area contributed by atoms with Crippen molar-refractivity contribution in [3.8, 4) is 17.2 Å². The number of aliphatic hydroxyl groups excluding tert-OH is 2. The summed E-state index contributed by atoms with van der Waals surface area (Å²) in [5.74, 6) is 2.14. The van der Waals surface area contributed by atoms with Crippen molar-refractivity contribution in [1.29, 1.82) is 0 Å². The van der Waals surface area contributed by atoms with E-state index in [1.807, 2.05) is 43.3 Å². The Morgan fingerprint density at radius 2 is 1.58 bits per heavy atom. The van der Waals surface area contributed by atoms with Crippen molar-refractivity contribution in [2.75, 3.05) is 46.5 Å². The third-order valence-electron chi connectivity index (χ3n) is 5.79. The minimum absolute atomic E-state index is 0.233. The van der Waals surface area contributed by atoms with Crippen LogP contribution in [0.3, 0.4) is 0 Å². The van der Waals surface area contributed by atoms with E-state index in [-0.39, 0.29) is 13.2 Å². The highest BCUT2D eigenvalue weighted by Crippen LogP contribution is 2.22. The lowest BCUT2D eigenvalue weighted by atomic mass is 10.0. The topological polar surface area (TPSA) is 83.4 Å². The van der Waals surface area contributed by atoms with Crippen LogP contribution in [0.25, 0.3) is 0 Å². The molecule has 182 valence electrons. The fourth-order valence-electron chi connectivity index (χ4n) is 3.75. The first kappa shape index (κ1) is 25.6. The molecular formula is C25H35ClN2O5. The van der Waals surface area contributed by atoms with Crippen LogP contribution >= 0.6 is 11.6 Å². The molecule has 8 heteroatoms. The van der Waals surface area contributed by atoms with Crippen LogP contribution < -0.4 is 19.5 Å². The third kappa shape index (κ3) is 8.68. The van der Waals surface area contributed by atoms with Gasteiger partial charge in [0.1, 0.15) is 42.7 Å². The molecule has 1 aliphatic rings. The summed E-state index contributed by atoms with van der Waals surface area (Å²) in [6.07, 6.45) is 0.784. The van der Waals surface area contributed by atoms with Crippen molar-refractivity contribution in [3.05, 3.63) is 53.1 Å². The number of nitrogens with one attached hydrogen (secondary N) is 1. The lowest BCUT2D eigenvalue weighted by molar-refractivity contribution is 0.0556. The number of aliphatic hydroxyl groups is 2. The lowest BCUT2D eigenvalue weighted by Crippen LogP contribution is -2.47. The van der Waals surface area contributed by atoms with E-state index in [2.05, 4.69) is 10.2 Å². The molecule has 3 rings (SSSR count). The number of β-amino-alcohol motifs (C(OH)–C–C–N with tert-alkyl or cyclic N) is 1. The molecule has 1 aliphatic heterocycles. The SMILES string of the molecule is COc1ccc(OC[C@@H](O)CNC2CCN(C[C@@H](O)COc3ccc(C)c(Cl)c3)CC2)cc1. The summed E-state index contributed by atoms with van der Waals surface area (Å²) in [4.78, 5) is 2.25. The molecule has 0 aromatic heterocycles. The summed E-state index contributed by atoms with van der Waals surface area (Å²) >= 11 is 6.12. The minimum Gasteiger partial charge on any atom is -0.497 e. The zero-order chi connectivity index (χ0) is 23.6. The van der Waals surface area contributed by atoms with Gasteiger partial charge in [-0.25, -0.2) is 0 Å². The van der Waals surface area contributed by atoms with Gasteiger partial charge in [-0.05, 0) is 74.8 Å². The number of hydrogen-bond donors (Lipinski definition) is 3. The Bertz CT molecular complexity index is 843. The van der Waals surface area contributed by atoms with Crippen LogP contribution in [0.2, 0.25) is 5.02 Å². The smallest absolute Gasteiger partial charge is 0.120 e. The average Bonchev–Trinajstić information content (AvgIpc) is 2.83. The summed E-state index contributed by atoms with van der Waals surface area (Å²) < 4.78 is 16.4. The van der Waals surface area contributed by atoms with Crippen LogP contribution in [-0.4, -0.2) is 79.9 Å². The first-order chi connectivity index (χ1) is 15.9. The number of nitrogens with zero attached hydrogens (tertiary/aromatic N) is 1. The number of aryl methyl sites for hydroxylation is 1. The van der Waals surface area contributed by atoms with Gasteiger partial charge in [0.05, 0.1) is 7.11 Å². The number of likely N-dealkylation sites (tertiary alicyclic amines) is 1. The number of piperidine rings is 1. The number of benzene rings is 2. The van der Waals surface area contributed by atoms with Gasteiger partial charge in [0.15, 0.2) is 0 Å². The lowest BCUT2D eigenvalue weighted by Gasteiger charge is -2.33. The van der Waals surface area contributed by atoms with Gasteiger partial charge >= 0.3 is 0 Å². The highest BCUT2D eigenvalue weighted by atomic mass is 35.5. The Morgan fingerprint density at radius 3 is 2.24 bits per heavy atom. The van der Waals surface area contributed by atoms with Crippen molar-refractivity contribution < 1.29 is 24.4 Å². The highest BCUT2D eigenvalue weighted by Gasteiger charge is 2.21. The second-order valence-electron chi connectivity index (χ2n) is 8.50. The first-order valence-corrected chi connectivity index (χ1v) is 11.8. The maximum absolute atomic E-state index is 10.3. The molecule has 1 fully saturated rings. The Labute approximate surface area is 201 Å². The van der Waals surface area contributed by atoms with Crippen LogP contribution in [0, 0.1) is 6.92 Å². The van der Waals surface area contributed by atoms with E-state index in [0.29, 0.717) is 35.7 Å². The molecular weight excluding hydrogens is 444 g/mol. The number of halogens is 1. The maximum atomic E-state index is 10.3. The predicted octanol–water partition coefficient (Wildman–Crippen LogP) is 2.89. The largest absolute Gasteiger partial charge is 0.497 e. The zero-order valence-electron chi connectivity index (χ0n) is 19.4. The number of hydrogen-bond acceptors (Lipinski definition) is 7. The molecule has 0 unspecified atom stereocenters. The summed E-state index contributed by atoms with van der Waals surface area (Å²) in [6, 6.07) is 13.2. The minimum atomic E-state index is -0.584. The standard InChI is InChI=1S/C25H35ClN2O5/c1-18-3-4-24(13-25(18)26)33-17-21(30)15-28-11-9-19(10-12-28)27-14-20(29)16-32-23-7-5-22(31-2)6-8-23/h3-8,13,19-21,27,29-30H,9-12,14-17H2,1-2H3/t20-,21+/m0/s1. The van der Waals surface area contributed by atoms with Crippen molar-refractivity contribution in [1.82, 2.24) is 10.2 Å². The van der Waals surface area contributed by atoms with Crippen molar-refractivity contribution in [2.45, 2.75) is 38.0 Å². The highest BCUT2D eigenvalue weighted by molar-refractivity contribution is 6.31. The predicted molar refractivity (Wildman–Crippen MR) is 130 cm³/mol. The van der Waals surface area contributed by atoms with Crippen molar-refractivity contribution >= 4 is 11.6 Å². The molecule has 7 nitrogen and oxygen atoms in total. The molecule has 2 atom stereocenters. The molecule has 33 heavy (non-hydrogen) atoms. The van der Waals surface area contributed by atoms with Crippen LogP contribution in [0.15, 0.2) is 42.5 Å². The first-order valence-electron chi connectivity index (χ1n) is 11.4. The van der Waals surface area contributed by atoms with E-state index in [1.54, 1.807) is 13.2 Å². The van der Waals surface area contributed by atoms with Gasteiger partial charge in [-0.3, -0.25) is 0 Å². The second-order valence-corrected chi connectivity index (χ2v) is 8.91. The average molecular weight is 479 g/mol. The van der Waals surface area contributed by atoms with Crippen LogP contribution in [0.4, 0.5) is 0 Å². The summed E-state index contributed by atoms with van der Waals surface area (Å²) in [6.45, 7) is 5.25. The number of ether oxygens (including phenoxy) is 3. The van der Waals surface area contributed by atoms with Crippen molar-refractivity contribution in [2.24, 2.45) is 0 Å². The van der Waals surface area contributed by atoms with Gasteiger partial charge in [0.25, 0.3) is 0 Å². The Balaban J connectivity index is 1.27. The summed E-state index contributed by atoms with van der Waals surface area (Å²) in [5, 5.41) is 24.7. The molecule has 2 aromatic carbocycles. The monoisotopic (exact) mass is 478 g/mol. The Morgan fingerprint density at radius 1 is 0.970 bits per heavy atom. The second kappa shape index (κ2) is 13.0. The number of rotatable bonds is 12. The van der Waals surface area contributed by atoms with E-state index in [0.717, 1.165) is 37.2 Å². The number of methoxy groups -OCH3 is 1. The van der Waals surface area contributed by atoms with E-state index in [1.165, 1.54) is 0 Å². The van der Waals surface area contributed by atoms with E-state index >= 15 is 0 Å². The Kier molecular flexibility index (Phi) is 10.1. The third-order valence-corrected chi connectivity index (χ3v) is 6.19. The normalized spacial score (nSPS) is 16.9. The van der Waals surface area contributed by atoms with E-state index < -0.39 is 12.2 Å². The Hall–Kier alpha value is -2.03.